The van der Waals surface area contributed by atoms with Crippen molar-refractivity contribution in [3.8, 4) is 5.75 Å². The molecule has 2 nitrogen and oxygen atoms in total. The zero-order chi connectivity index (χ0) is 10.4. The van der Waals surface area contributed by atoms with Gasteiger partial charge in [-0.2, -0.15) is 0 Å². The van der Waals surface area contributed by atoms with Crippen LogP contribution in [-0.2, 0) is 0 Å². The van der Waals surface area contributed by atoms with Crippen LogP contribution in [0.25, 0.3) is 0 Å². The highest BCUT2D eigenvalue weighted by Gasteiger charge is 2.06. The van der Waals surface area contributed by atoms with Crippen molar-refractivity contribution >= 4 is 21.7 Å². The number of hydrogen-bond acceptors (Lipinski definition) is 2. The van der Waals surface area contributed by atoms with Crippen LogP contribution in [-0.4, -0.2) is 17.7 Å². The molecule has 0 saturated carbocycles. The Morgan fingerprint density at radius 1 is 1.43 bits per heavy atom. The molecule has 0 aliphatic carbocycles. The van der Waals surface area contributed by atoms with Crippen LogP contribution in [0.15, 0.2) is 24.3 Å². The first kappa shape index (κ1) is 11.2. The summed E-state index contributed by atoms with van der Waals surface area (Å²) in [4.78, 5) is 11.2. The van der Waals surface area contributed by atoms with E-state index in [1.807, 2.05) is 18.2 Å². The second-order valence-corrected chi connectivity index (χ2v) is 3.74. The third-order valence-electron chi connectivity index (χ3n) is 1.80. The monoisotopic (exact) mass is 256 g/mol. The third-order valence-corrected chi connectivity index (χ3v) is 2.36. The molecular weight excluding hydrogens is 244 g/mol. The van der Waals surface area contributed by atoms with Gasteiger partial charge in [-0.15, -0.1) is 0 Å². The first-order chi connectivity index (χ1) is 6.75. The Labute approximate surface area is 92.4 Å². The Kier molecular flexibility index (Phi) is 4.66. The highest BCUT2D eigenvalue weighted by molar-refractivity contribution is 9.09. The molecule has 0 aliphatic heterocycles. The van der Waals surface area contributed by atoms with E-state index in [9.17, 15) is 4.79 Å². The molecule has 0 spiro atoms. The van der Waals surface area contributed by atoms with Crippen LogP contribution < -0.4 is 4.74 Å². The van der Waals surface area contributed by atoms with Crippen molar-refractivity contribution < 1.29 is 9.53 Å². The van der Waals surface area contributed by atoms with Gasteiger partial charge in [-0.25, -0.2) is 0 Å². The maximum Gasteiger partial charge on any atom is 0.163 e. The van der Waals surface area contributed by atoms with Gasteiger partial charge in [0.25, 0.3) is 0 Å². The maximum absolute atomic E-state index is 11.2. The molecule has 14 heavy (non-hydrogen) atoms. The highest BCUT2D eigenvalue weighted by Crippen LogP contribution is 2.18. The van der Waals surface area contributed by atoms with Gasteiger partial charge in [0.05, 0.1) is 12.2 Å². The molecule has 0 atom stereocenters. The topological polar surface area (TPSA) is 26.3 Å². The zero-order valence-corrected chi connectivity index (χ0v) is 9.71. The third kappa shape index (κ3) is 3.14. The van der Waals surface area contributed by atoms with Gasteiger partial charge in [-0.3, -0.25) is 4.79 Å². The predicted molar refractivity (Wildman–Crippen MR) is 60.4 cm³/mol. The van der Waals surface area contributed by atoms with Gasteiger partial charge in [0, 0.05) is 5.33 Å². The molecule has 0 unspecified atom stereocenters. The van der Waals surface area contributed by atoms with Crippen LogP contribution in [0, 0.1) is 0 Å². The van der Waals surface area contributed by atoms with Gasteiger partial charge in [0.1, 0.15) is 5.75 Å². The van der Waals surface area contributed by atoms with E-state index in [1.54, 1.807) is 13.0 Å². The van der Waals surface area contributed by atoms with Gasteiger partial charge in [-0.1, -0.05) is 28.1 Å². The SMILES string of the molecule is CC(=O)c1ccccc1OCCCBr. The van der Waals surface area contributed by atoms with E-state index >= 15 is 0 Å². The van der Waals surface area contributed by atoms with Crippen molar-refractivity contribution in [2.24, 2.45) is 0 Å². The number of Topliss-reactive ketones (excluding diaryl/α,β-unsaturated/α-hetero) is 1. The molecule has 0 bridgehead atoms. The number of rotatable bonds is 5. The first-order valence-corrected chi connectivity index (χ1v) is 5.66. The number of alkyl halides is 1. The van der Waals surface area contributed by atoms with E-state index in [0.29, 0.717) is 17.9 Å². The fraction of sp³-hybridized carbons (Fsp3) is 0.364. The molecule has 0 aliphatic rings. The van der Waals surface area contributed by atoms with E-state index in [2.05, 4.69) is 15.9 Å². The van der Waals surface area contributed by atoms with E-state index < -0.39 is 0 Å². The fourth-order valence-electron chi connectivity index (χ4n) is 1.12. The van der Waals surface area contributed by atoms with Gasteiger partial charge in [-0.05, 0) is 25.5 Å². The molecule has 0 N–H and O–H groups in total. The summed E-state index contributed by atoms with van der Waals surface area (Å²) >= 11 is 3.32. The van der Waals surface area contributed by atoms with Gasteiger partial charge in [0.15, 0.2) is 5.78 Å². The number of carbonyl (C=O) groups excluding carboxylic acids is 1. The van der Waals surface area contributed by atoms with Crippen LogP contribution in [0.2, 0.25) is 0 Å². The summed E-state index contributed by atoms with van der Waals surface area (Å²) < 4.78 is 5.49. The number of benzene rings is 1. The van der Waals surface area contributed by atoms with Crippen molar-refractivity contribution in [3.63, 3.8) is 0 Å². The molecule has 1 aromatic rings. The van der Waals surface area contributed by atoms with Crippen LogP contribution in [0.1, 0.15) is 23.7 Å². The van der Waals surface area contributed by atoms with Crippen LogP contribution in [0.3, 0.4) is 0 Å². The Hall–Kier alpha value is -0.830. The van der Waals surface area contributed by atoms with Crippen LogP contribution >= 0.6 is 15.9 Å². The van der Waals surface area contributed by atoms with Gasteiger partial charge >= 0.3 is 0 Å². The van der Waals surface area contributed by atoms with Crippen molar-refractivity contribution in [3.05, 3.63) is 29.8 Å². The number of para-hydroxylation sites is 1. The van der Waals surface area contributed by atoms with Crippen molar-refractivity contribution in [2.45, 2.75) is 13.3 Å². The van der Waals surface area contributed by atoms with Crippen molar-refractivity contribution in [1.29, 1.82) is 0 Å². The van der Waals surface area contributed by atoms with Gasteiger partial charge in [0.2, 0.25) is 0 Å². The number of hydrogen-bond donors (Lipinski definition) is 0. The second-order valence-electron chi connectivity index (χ2n) is 2.94. The summed E-state index contributed by atoms with van der Waals surface area (Å²) in [5, 5.41) is 0.912. The number of ketones is 1. The molecule has 3 heteroatoms. The van der Waals surface area contributed by atoms with Crippen molar-refractivity contribution in [1.82, 2.24) is 0 Å². The highest BCUT2D eigenvalue weighted by atomic mass is 79.9. The van der Waals surface area contributed by atoms with Gasteiger partial charge < -0.3 is 4.74 Å². The summed E-state index contributed by atoms with van der Waals surface area (Å²) in [6.07, 6.45) is 0.937. The Morgan fingerprint density at radius 3 is 2.79 bits per heavy atom. The smallest absolute Gasteiger partial charge is 0.163 e. The molecule has 76 valence electrons. The van der Waals surface area contributed by atoms with Crippen molar-refractivity contribution in [2.75, 3.05) is 11.9 Å². The van der Waals surface area contributed by atoms with E-state index in [-0.39, 0.29) is 5.78 Å². The fourth-order valence-corrected chi connectivity index (χ4v) is 1.35. The molecule has 0 aromatic heterocycles. The second kappa shape index (κ2) is 5.81. The number of halogens is 1. The molecule has 1 rings (SSSR count). The molecule has 0 amide bonds. The Bertz CT molecular complexity index is 310. The maximum atomic E-state index is 11.2. The lowest BCUT2D eigenvalue weighted by molar-refractivity contribution is 0.101. The molecular formula is C11H13BrO2. The number of ether oxygens (including phenoxy) is 1. The molecule has 1 aromatic carbocycles. The largest absolute Gasteiger partial charge is 0.493 e. The molecule has 0 radical (unpaired) electrons. The predicted octanol–water partition coefficient (Wildman–Crippen LogP) is 3.05. The average Bonchev–Trinajstić information content (AvgIpc) is 2.19. The lowest BCUT2D eigenvalue weighted by Gasteiger charge is -2.08. The number of carbonyl (C=O) groups is 1. The lowest BCUT2D eigenvalue weighted by Crippen LogP contribution is -2.02. The Morgan fingerprint density at radius 2 is 2.14 bits per heavy atom. The summed E-state index contributed by atoms with van der Waals surface area (Å²) in [7, 11) is 0. The van der Waals surface area contributed by atoms with E-state index in [4.69, 9.17) is 4.74 Å². The standard InChI is InChI=1S/C11H13BrO2/c1-9(13)10-5-2-3-6-11(10)14-8-4-7-12/h2-3,5-6H,4,7-8H2,1H3. The lowest BCUT2D eigenvalue weighted by atomic mass is 10.1. The zero-order valence-electron chi connectivity index (χ0n) is 8.13. The Balaban J connectivity index is 2.69. The summed E-state index contributed by atoms with van der Waals surface area (Å²) in [6, 6.07) is 7.32. The minimum absolute atomic E-state index is 0.0412. The van der Waals surface area contributed by atoms with Crippen LogP contribution in [0.4, 0.5) is 0 Å². The summed E-state index contributed by atoms with van der Waals surface area (Å²) in [5.74, 6) is 0.723. The minimum Gasteiger partial charge on any atom is -0.493 e. The average molecular weight is 257 g/mol. The normalized spacial score (nSPS) is 9.86. The van der Waals surface area contributed by atoms with E-state index in [1.165, 1.54) is 0 Å². The van der Waals surface area contributed by atoms with E-state index in [0.717, 1.165) is 11.8 Å². The molecule has 0 heterocycles. The summed E-state index contributed by atoms with van der Waals surface area (Å²) in [5.41, 5.74) is 0.655. The van der Waals surface area contributed by atoms with Crippen LogP contribution in [0.5, 0.6) is 5.75 Å². The molecule has 0 fully saturated rings. The molecule has 0 saturated heterocycles. The quantitative estimate of drug-likeness (QED) is 0.460. The first-order valence-electron chi connectivity index (χ1n) is 4.54. The summed E-state index contributed by atoms with van der Waals surface area (Å²) in [6.45, 7) is 2.18. The minimum atomic E-state index is 0.0412.